The lowest BCUT2D eigenvalue weighted by Crippen LogP contribution is -2.44. The van der Waals surface area contributed by atoms with Crippen molar-refractivity contribution >= 4 is 21.8 Å². The summed E-state index contributed by atoms with van der Waals surface area (Å²) in [6, 6.07) is 2.27. The molecular formula is C19H27F2N3O5S. The Bertz CT molecular complexity index is 843. The monoisotopic (exact) mass is 447 g/mol. The molecule has 1 saturated heterocycles. The van der Waals surface area contributed by atoms with Crippen molar-refractivity contribution in [1.82, 2.24) is 14.9 Å². The van der Waals surface area contributed by atoms with Gasteiger partial charge in [0, 0.05) is 52.2 Å². The maximum absolute atomic E-state index is 13.2. The van der Waals surface area contributed by atoms with Gasteiger partial charge in [0.15, 0.2) is 11.6 Å². The first kappa shape index (κ1) is 24.2. The zero-order valence-corrected chi connectivity index (χ0v) is 17.6. The van der Waals surface area contributed by atoms with Crippen molar-refractivity contribution in [1.29, 1.82) is 0 Å². The Kier molecular flexibility index (Phi) is 9.12. The van der Waals surface area contributed by atoms with Gasteiger partial charge in [-0.1, -0.05) is 0 Å². The maximum atomic E-state index is 13.2. The van der Waals surface area contributed by atoms with E-state index in [4.69, 9.17) is 4.74 Å². The molecule has 1 aliphatic rings. The molecule has 11 heteroatoms. The molecule has 2 rings (SSSR count). The molecular weight excluding hydrogens is 420 g/mol. The number of amides is 2. The largest absolute Gasteiger partial charge is 0.385 e. The number of benzene rings is 1. The first-order valence-electron chi connectivity index (χ1n) is 9.73. The Labute approximate surface area is 175 Å². The Morgan fingerprint density at radius 1 is 1.17 bits per heavy atom. The molecule has 0 atom stereocenters. The van der Waals surface area contributed by atoms with Crippen LogP contribution in [0.2, 0.25) is 0 Å². The Balaban J connectivity index is 1.73. The number of hydrogen-bond donors (Lipinski definition) is 2. The molecule has 0 aromatic heterocycles. The highest BCUT2D eigenvalue weighted by molar-refractivity contribution is 7.89. The summed E-state index contributed by atoms with van der Waals surface area (Å²) in [5.41, 5.74) is 0. The van der Waals surface area contributed by atoms with Gasteiger partial charge in [-0.3, -0.25) is 9.59 Å². The number of hydrogen-bond acceptors (Lipinski definition) is 5. The van der Waals surface area contributed by atoms with Gasteiger partial charge in [-0.15, -0.1) is 0 Å². The van der Waals surface area contributed by atoms with E-state index < -0.39 is 26.6 Å². The highest BCUT2D eigenvalue weighted by Crippen LogP contribution is 2.18. The van der Waals surface area contributed by atoms with Crippen LogP contribution in [0.3, 0.4) is 0 Å². The van der Waals surface area contributed by atoms with Crippen LogP contribution in [0.15, 0.2) is 23.1 Å². The van der Waals surface area contributed by atoms with Crippen LogP contribution >= 0.6 is 0 Å². The predicted octanol–water partition coefficient (Wildman–Crippen LogP) is 1.02. The zero-order chi connectivity index (χ0) is 22.1. The number of nitrogens with zero attached hydrogens (tertiary/aromatic N) is 1. The van der Waals surface area contributed by atoms with Gasteiger partial charge in [-0.05, 0) is 37.5 Å². The van der Waals surface area contributed by atoms with Gasteiger partial charge >= 0.3 is 0 Å². The van der Waals surface area contributed by atoms with E-state index in [2.05, 4.69) is 10.0 Å². The number of methoxy groups -OCH3 is 1. The second-order valence-corrected chi connectivity index (χ2v) is 8.78. The minimum absolute atomic E-state index is 0.0301. The van der Waals surface area contributed by atoms with Crippen molar-refractivity contribution in [3.05, 3.63) is 29.8 Å². The molecule has 0 radical (unpaired) electrons. The van der Waals surface area contributed by atoms with E-state index in [9.17, 15) is 26.8 Å². The summed E-state index contributed by atoms with van der Waals surface area (Å²) in [4.78, 5) is 25.6. The van der Waals surface area contributed by atoms with E-state index in [1.807, 2.05) is 0 Å². The van der Waals surface area contributed by atoms with E-state index in [0.29, 0.717) is 45.1 Å². The highest BCUT2D eigenvalue weighted by Gasteiger charge is 2.27. The lowest BCUT2D eigenvalue weighted by Gasteiger charge is -2.31. The number of carbonyl (C=O) groups excluding carboxylic acids is 2. The SMILES string of the molecule is COCCCNC(=O)C1CCN(C(=O)CCNS(=O)(=O)c2ccc(F)c(F)c2)CC1. The summed E-state index contributed by atoms with van der Waals surface area (Å²) in [7, 11) is -2.45. The van der Waals surface area contributed by atoms with Crippen molar-refractivity contribution in [2.45, 2.75) is 30.6 Å². The third kappa shape index (κ3) is 6.99. The van der Waals surface area contributed by atoms with Crippen LogP contribution in [0.4, 0.5) is 8.78 Å². The van der Waals surface area contributed by atoms with Crippen molar-refractivity contribution in [3.63, 3.8) is 0 Å². The van der Waals surface area contributed by atoms with Crippen molar-refractivity contribution in [2.24, 2.45) is 5.92 Å². The van der Waals surface area contributed by atoms with Crippen LogP contribution in [0, 0.1) is 17.6 Å². The molecule has 2 amide bonds. The lowest BCUT2D eigenvalue weighted by atomic mass is 9.95. The molecule has 30 heavy (non-hydrogen) atoms. The lowest BCUT2D eigenvalue weighted by molar-refractivity contribution is -0.135. The van der Waals surface area contributed by atoms with Crippen LogP contribution in [0.25, 0.3) is 0 Å². The molecule has 168 valence electrons. The molecule has 8 nitrogen and oxygen atoms in total. The molecule has 1 aliphatic heterocycles. The van der Waals surface area contributed by atoms with E-state index >= 15 is 0 Å². The number of ether oxygens (including phenoxy) is 1. The fourth-order valence-corrected chi connectivity index (χ4v) is 4.18. The van der Waals surface area contributed by atoms with E-state index in [1.165, 1.54) is 0 Å². The minimum Gasteiger partial charge on any atom is -0.385 e. The summed E-state index contributed by atoms with van der Waals surface area (Å²) in [6.07, 6.45) is 1.75. The number of sulfonamides is 1. The number of piperidine rings is 1. The van der Waals surface area contributed by atoms with E-state index in [1.54, 1.807) is 12.0 Å². The van der Waals surface area contributed by atoms with Crippen LogP contribution in [0.1, 0.15) is 25.7 Å². The van der Waals surface area contributed by atoms with E-state index in [-0.39, 0.29) is 30.7 Å². The van der Waals surface area contributed by atoms with E-state index in [0.717, 1.165) is 18.6 Å². The first-order valence-corrected chi connectivity index (χ1v) is 11.2. The summed E-state index contributed by atoms with van der Waals surface area (Å²) in [5.74, 6) is -2.82. The molecule has 2 N–H and O–H groups in total. The quantitative estimate of drug-likeness (QED) is 0.521. The highest BCUT2D eigenvalue weighted by atomic mass is 32.2. The summed E-state index contributed by atoms with van der Waals surface area (Å²) < 4.78 is 57.6. The number of nitrogens with one attached hydrogen (secondary N) is 2. The average molecular weight is 448 g/mol. The zero-order valence-electron chi connectivity index (χ0n) is 16.8. The molecule has 0 saturated carbocycles. The standard InChI is InChI=1S/C19H27F2N3O5S/c1-29-12-2-8-22-19(26)14-6-10-24(11-7-14)18(25)5-9-23-30(27,28)15-3-4-16(20)17(21)13-15/h3-4,13-14,23H,2,5-12H2,1H3,(H,22,26). The molecule has 0 spiro atoms. The fraction of sp³-hybridized carbons (Fsp3) is 0.579. The molecule has 1 aromatic carbocycles. The summed E-state index contributed by atoms with van der Waals surface area (Å²) >= 11 is 0. The molecule has 0 bridgehead atoms. The minimum atomic E-state index is -4.05. The average Bonchev–Trinajstić information content (AvgIpc) is 2.73. The number of likely N-dealkylation sites (tertiary alicyclic amines) is 1. The first-order chi connectivity index (χ1) is 14.2. The molecule has 0 aliphatic carbocycles. The second kappa shape index (κ2) is 11.3. The number of halogens is 2. The second-order valence-electron chi connectivity index (χ2n) is 7.02. The van der Waals surface area contributed by atoms with Crippen molar-refractivity contribution in [3.8, 4) is 0 Å². The third-order valence-corrected chi connectivity index (χ3v) is 6.33. The van der Waals surface area contributed by atoms with Crippen LogP contribution in [-0.4, -0.2) is 65.0 Å². The van der Waals surface area contributed by atoms with Gasteiger partial charge in [0.05, 0.1) is 4.90 Å². The van der Waals surface area contributed by atoms with Gasteiger partial charge < -0.3 is 15.0 Å². The molecule has 1 heterocycles. The van der Waals surface area contributed by atoms with Crippen LogP contribution < -0.4 is 10.0 Å². The van der Waals surface area contributed by atoms with Gasteiger partial charge in [0.2, 0.25) is 21.8 Å². The van der Waals surface area contributed by atoms with Crippen molar-refractivity contribution in [2.75, 3.05) is 39.9 Å². The molecule has 1 fully saturated rings. The van der Waals surface area contributed by atoms with Gasteiger partial charge in [0.25, 0.3) is 0 Å². The fourth-order valence-electron chi connectivity index (χ4n) is 3.14. The summed E-state index contributed by atoms with van der Waals surface area (Å²) in [6.45, 7) is 1.80. The number of rotatable bonds is 10. The van der Waals surface area contributed by atoms with Crippen LogP contribution in [0.5, 0.6) is 0 Å². The van der Waals surface area contributed by atoms with Crippen LogP contribution in [-0.2, 0) is 24.3 Å². The molecule has 0 unspecified atom stereocenters. The van der Waals surface area contributed by atoms with Gasteiger partial charge in [-0.2, -0.15) is 0 Å². The smallest absolute Gasteiger partial charge is 0.240 e. The molecule has 1 aromatic rings. The Morgan fingerprint density at radius 3 is 2.50 bits per heavy atom. The van der Waals surface area contributed by atoms with Gasteiger partial charge in [-0.25, -0.2) is 21.9 Å². The Morgan fingerprint density at radius 2 is 1.87 bits per heavy atom. The topological polar surface area (TPSA) is 105 Å². The summed E-state index contributed by atoms with van der Waals surface area (Å²) in [5, 5.41) is 2.86. The Hall–Kier alpha value is -2.11. The number of carbonyl (C=O) groups is 2. The predicted molar refractivity (Wildman–Crippen MR) is 105 cm³/mol. The van der Waals surface area contributed by atoms with Crippen molar-refractivity contribution < 1.29 is 31.5 Å². The normalized spacial score (nSPS) is 15.2. The maximum Gasteiger partial charge on any atom is 0.240 e. The third-order valence-electron chi connectivity index (χ3n) is 4.88. The van der Waals surface area contributed by atoms with Gasteiger partial charge in [0.1, 0.15) is 0 Å².